The van der Waals surface area contributed by atoms with Gasteiger partial charge in [-0.3, -0.25) is 4.79 Å². The number of ether oxygens (including phenoxy) is 4. The molecule has 1 atom stereocenters. The van der Waals surface area contributed by atoms with E-state index in [9.17, 15) is 14.0 Å². The molecule has 82 heavy (non-hydrogen) atoms. The smallest absolute Gasteiger partial charge is 0.353 e. The number of halogens is 2. The van der Waals surface area contributed by atoms with Crippen LogP contribution in [-0.4, -0.2) is 68.2 Å². The third kappa shape index (κ3) is 16.7. The van der Waals surface area contributed by atoms with Crippen molar-refractivity contribution in [3.8, 4) is 35.0 Å². The van der Waals surface area contributed by atoms with Gasteiger partial charge in [0, 0.05) is 34.9 Å². The first-order valence-electron chi connectivity index (χ1n) is 24.9. The molecule has 0 saturated carbocycles. The number of aromatic nitrogens is 5. The maximum absolute atomic E-state index is 15.0. The molecule has 3 heterocycles. The molecule has 6 aromatic carbocycles. The van der Waals surface area contributed by atoms with Crippen LogP contribution in [0.3, 0.4) is 0 Å². The second-order valence-corrected chi connectivity index (χ2v) is 18.1. The van der Waals surface area contributed by atoms with Gasteiger partial charge < -0.3 is 33.5 Å². The van der Waals surface area contributed by atoms with Gasteiger partial charge in [-0.1, -0.05) is 182 Å². The summed E-state index contributed by atoms with van der Waals surface area (Å²) >= 11 is 6.06. The summed E-state index contributed by atoms with van der Waals surface area (Å²) in [5.74, 6) is -0.812. The molecule has 0 fully saturated rings. The predicted octanol–water partition coefficient (Wildman–Crippen LogP) is 14.0. The summed E-state index contributed by atoms with van der Waals surface area (Å²) in [5.41, 5.74) is 9.38. The van der Waals surface area contributed by atoms with Crippen molar-refractivity contribution in [1.82, 2.24) is 24.3 Å². The van der Waals surface area contributed by atoms with Gasteiger partial charge in [-0.05, 0) is 80.7 Å². The minimum atomic E-state index is -0.882. The second kappa shape index (κ2) is 30.6. The number of hydrogen-bond donors (Lipinski definition) is 0. The lowest BCUT2D eigenvalue weighted by molar-refractivity contribution is -0.111. The van der Waals surface area contributed by atoms with E-state index in [1.807, 2.05) is 113 Å². The Labute approximate surface area is 482 Å². The molecule has 1 unspecified atom stereocenters. The highest BCUT2D eigenvalue weighted by Crippen LogP contribution is 2.35. The van der Waals surface area contributed by atoms with Gasteiger partial charge in [0.15, 0.2) is 12.4 Å². The van der Waals surface area contributed by atoms with Crippen LogP contribution >= 0.6 is 11.6 Å². The number of benzene rings is 6. The molecular formula is C63H66ClFN8O9. The van der Waals surface area contributed by atoms with Gasteiger partial charge >= 0.3 is 11.7 Å². The Bertz CT molecular complexity index is 3650. The zero-order chi connectivity index (χ0) is 57.1. The number of oxime groups is 3. The molecule has 0 amide bonds. The van der Waals surface area contributed by atoms with Crippen LogP contribution in [0.25, 0.3) is 16.8 Å². The quantitative estimate of drug-likeness (QED) is 0.0450. The Hall–Kier alpha value is -9.68. The molecule has 0 bridgehead atoms. The summed E-state index contributed by atoms with van der Waals surface area (Å²) < 4.78 is 39.5. The van der Waals surface area contributed by atoms with Crippen molar-refractivity contribution < 1.29 is 42.6 Å². The van der Waals surface area contributed by atoms with Crippen LogP contribution in [0.5, 0.6) is 29.3 Å². The standard InChI is InChI=1S/C21H15ClFN3O4.C20H22N4O3.C20H21NO2.2CH4/c1-13(19-26-28-11-10-27-19)14-6-2-4-8-16(14)29-20-18(23)21(25-12-24-20)30-17-9-5-3-7-15(17)22;1-14-8-7-10-16(12-14)15(2)22-27-13-17-9-5-6-11-18(17)24-19(26-4)21-23(3)20(24)25;1-14-8-7-10-18(12-14)17(4)23-21-13-19-9-5-6-11-20(19)15(2)16(3)22;;/h2-9,12H,1,10-11H2;5-12H,13H2,1-4H3;5-13,17H,2H2,1,3-4H3;2*1H4/b;22-15+;21-13+;;. The van der Waals surface area contributed by atoms with Crippen LogP contribution in [0.2, 0.25) is 5.02 Å². The zero-order valence-corrected chi connectivity index (χ0v) is 45.9. The van der Waals surface area contributed by atoms with Crippen molar-refractivity contribution in [1.29, 1.82) is 0 Å². The summed E-state index contributed by atoms with van der Waals surface area (Å²) in [6.45, 7) is 18.2. The average molecular weight is 1130 g/mol. The van der Waals surface area contributed by atoms with Crippen molar-refractivity contribution in [3.63, 3.8) is 0 Å². The number of ketones is 1. The largest absolute Gasteiger partial charge is 0.471 e. The van der Waals surface area contributed by atoms with Crippen molar-refractivity contribution in [2.75, 3.05) is 20.3 Å². The Morgan fingerprint density at radius 3 is 2.12 bits per heavy atom. The predicted molar refractivity (Wildman–Crippen MR) is 320 cm³/mol. The molecule has 2 aromatic heterocycles. The number of Topliss-reactive ketones (excluding diaryl/α,β-unsaturated/α-hetero) is 1. The molecule has 0 aliphatic carbocycles. The maximum atomic E-state index is 15.0. The molecule has 1 aliphatic rings. The van der Waals surface area contributed by atoms with Crippen LogP contribution < -0.4 is 19.9 Å². The fourth-order valence-corrected chi connectivity index (χ4v) is 7.75. The first-order chi connectivity index (χ1) is 38.6. The zero-order valence-electron chi connectivity index (χ0n) is 45.1. The highest BCUT2D eigenvalue weighted by atomic mass is 35.5. The Morgan fingerprint density at radius 2 is 1.45 bits per heavy atom. The van der Waals surface area contributed by atoms with E-state index in [2.05, 4.69) is 55.8 Å². The Balaban J connectivity index is 0.000000225. The van der Waals surface area contributed by atoms with E-state index >= 15 is 0 Å². The number of methoxy groups -OCH3 is 1. The van der Waals surface area contributed by atoms with Crippen molar-refractivity contribution in [2.24, 2.45) is 22.5 Å². The summed E-state index contributed by atoms with van der Waals surface area (Å²) in [7, 11) is 3.06. The van der Waals surface area contributed by atoms with Crippen molar-refractivity contribution >= 4 is 46.4 Å². The number of nitrogens with zero attached hydrogens (tertiary/aromatic N) is 8. The third-order valence-electron chi connectivity index (χ3n) is 11.8. The monoisotopic (exact) mass is 1130 g/mol. The SMILES string of the molecule is C.C.C=C(C(C)=O)c1ccccc1/C=N/OC(C)c1cccc(C)c1.C=C(C1=NOCCO1)c1ccccc1Oc1ncnc(Oc2ccccc2Cl)c1F.COc1nn(C)c(=O)n1-c1ccccc1CO/N=C(\C)c1cccc(C)c1. The van der Waals surface area contributed by atoms with Crippen molar-refractivity contribution in [2.45, 2.75) is 62.2 Å². The van der Waals surface area contributed by atoms with Gasteiger partial charge in [-0.25, -0.2) is 14.0 Å². The van der Waals surface area contributed by atoms with E-state index in [1.165, 1.54) is 28.8 Å². The average Bonchev–Trinajstić information content (AvgIpc) is 3.84. The lowest BCUT2D eigenvalue weighted by atomic mass is 9.99. The van der Waals surface area contributed by atoms with Crippen LogP contribution in [-0.2, 0) is 37.7 Å². The summed E-state index contributed by atoms with van der Waals surface area (Å²) in [4.78, 5) is 47.8. The highest BCUT2D eigenvalue weighted by molar-refractivity contribution is 6.32. The molecule has 1 aliphatic heterocycles. The molecule has 426 valence electrons. The van der Waals surface area contributed by atoms with Crippen molar-refractivity contribution in [3.05, 3.63) is 231 Å². The fraction of sp³-hybridized carbons (Fsp3) is 0.206. The Kier molecular flexibility index (Phi) is 23.6. The van der Waals surface area contributed by atoms with Gasteiger partial charge in [0.05, 0.1) is 29.7 Å². The summed E-state index contributed by atoms with van der Waals surface area (Å²) in [6.07, 6.45) is 2.61. The van der Waals surface area contributed by atoms with E-state index in [1.54, 1.807) is 61.8 Å². The van der Waals surface area contributed by atoms with Crippen LogP contribution in [0.4, 0.5) is 4.39 Å². The maximum Gasteiger partial charge on any atom is 0.353 e. The van der Waals surface area contributed by atoms with Gasteiger partial charge in [-0.15, -0.1) is 5.10 Å². The number of aryl methyl sites for hydroxylation is 3. The number of para-hydroxylation sites is 3. The van der Waals surface area contributed by atoms with E-state index in [-0.39, 0.29) is 68.5 Å². The molecule has 0 N–H and O–H groups in total. The number of allylic oxidation sites excluding steroid dienone is 1. The first kappa shape index (κ1) is 63.2. The van der Waals surface area contributed by atoms with E-state index in [0.29, 0.717) is 46.4 Å². The van der Waals surface area contributed by atoms with E-state index in [0.717, 1.165) is 45.4 Å². The number of rotatable bonds is 18. The molecule has 0 radical (unpaired) electrons. The number of hydrogen-bond acceptors (Lipinski definition) is 15. The van der Waals surface area contributed by atoms with Gasteiger partial charge in [0.25, 0.3) is 17.7 Å². The lowest BCUT2D eigenvalue weighted by Crippen LogP contribution is -2.22. The third-order valence-corrected chi connectivity index (χ3v) is 12.1. The minimum Gasteiger partial charge on any atom is -0.471 e. The molecule has 0 spiro atoms. The molecule has 9 rings (SSSR count). The Morgan fingerprint density at radius 1 is 0.817 bits per heavy atom. The summed E-state index contributed by atoms with van der Waals surface area (Å²) in [5, 5.41) is 16.5. The van der Waals surface area contributed by atoms with Gasteiger partial charge in [0.1, 0.15) is 37.1 Å². The first-order valence-corrected chi connectivity index (χ1v) is 25.3. The number of carbonyl (C=O) groups excluding carboxylic acids is 1. The van der Waals surface area contributed by atoms with E-state index < -0.39 is 5.82 Å². The highest BCUT2D eigenvalue weighted by Gasteiger charge is 2.22. The van der Waals surface area contributed by atoms with Crippen LogP contribution in [0.15, 0.2) is 185 Å². The van der Waals surface area contributed by atoms with Crippen LogP contribution in [0, 0.1) is 19.7 Å². The molecule has 17 nitrogen and oxygen atoms in total. The van der Waals surface area contributed by atoms with Gasteiger partial charge in [-0.2, -0.15) is 14.4 Å². The number of carbonyl (C=O) groups is 1. The minimum absolute atomic E-state index is 0. The lowest BCUT2D eigenvalue weighted by Gasteiger charge is -2.17. The van der Waals surface area contributed by atoms with Gasteiger partial charge in [0.2, 0.25) is 5.82 Å². The van der Waals surface area contributed by atoms with Crippen LogP contribution in [0.1, 0.15) is 86.2 Å². The molecule has 19 heteroatoms. The normalized spacial score (nSPS) is 11.9. The summed E-state index contributed by atoms with van der Waals surface area (Å²) in [6, 6.07) is 44.9. The second-order valence-electron chi connectivity index (χ2n) is 17.7. The topological polar surface area (TPSA) is 184 Å². The van der Waals surface area contributed by atoms with E-state index in [4.69, 9.17) is 45.1 Å². The fourth-order valence-electron chi connectivity index (χ4n) is 7.57. The molecule has 8 aromatic rings. The molecular weight excluding hydrogens is 1070 g/mol. The molecule has 0 saturated heterocycles.